The van der Waals surface area contributed by atoms with Crippen molar-refractivity contribution in [3.05, 3.63) is 46.8 Å². The third-order valence-electron chi connectivity index (χ3n) is 1.82. The molecule has 2 heterocycles. The van der Waals surface area contributed by atoms with Gasteiger partial charge in [0, 0.05) is 12.4 Å². The highest BCUT2D eigenvalue weighted by Gasteiger charge is 2.10. The highest BCUT2D eigenvalue weighted by atomic mass is 79.9. The Hall–Kier alpha value is -1.82. The number of hydrogen-bond acceptors (Lipinski definition) is 4. The van der Waals surface area contributed by atoms with E-state index in [1.165, 1.54) is 6.20 Å². The summed E-state index contributed by atoms with van der Waals surface area (Å²) in [5, 5.41) is 10.0. The van der Waals surface area contributed by atoms with E-state index < -0.39 is 0 Å². The van der Waals surface area contributed by atoms with Gasteiger partial charge in [0.25, 0.3) is 5.91 Å². The maximum atomic E-state index is 11.8. The highest BCUT2D eigenvalue weighted by molar-refractivity contribution is 9.10. The largest absolute Gasteiger partial charge is 0.305 e. The van der Waals surface area contributed by atoms with Gasteiger partial charge >= 0.3 is 0 Å². The number of aromatic nitrogens is 3. The SMILES string of the molecule is O=C(Nc1cccnn1)c1cccnc1Br. The lowest BCUT2D eigenvalue weighted by Gasteiger charge is -2.03. The fourth-order valence-electron chi connectivity index (χ4n) is 1.11. The molecule has 0 spiro atoms. The molecular formula is C10H7BrN4O. The van der Waals surface area contributed by atoms with Crippen LogP contribution in [0.4, 0.5) is 5.82 Å². The second-order valence-electron chi connectivity index (χ2n) is 2.90. The van der Waals surface area contributed by atoms with Crippen LogP contribution in [-0.2, 0) is 0 Å². The Morgan fingerprint density at radius 3 is 2.75 bits per heavy atom. The molecule has 2 rings (SSSR count). The van der Waals surface area contributed by atoms with E-state index >= 15 is 0 Å². The van der Waals surface area contributed by atoms with E-state index in [0.29, 0.717) is 16.0 Å². The first-order valence-corrected chi connectivity index (χ1v) is 5.26. The lowest BCUT2D eigenvalue weighted by Crippen LogP contribution is -2.14. The van der Waals surface area contributed by atoms with Crippen LogP contribution in [0.25, 0.3) is 0 Å². The molecule has 80 valence electrons. The quantitative estimate of drug-likeness (QED) is 0.852. The number of halogens is 1. The summed E-state index contributed by atoms with van der Waals surface area (Å²) in [5.41, 5.74) is 0.452. The summed E-state index contributed by atoms with van der Waals surface area (Å²) >= 11 is 3.20. The zero-order valence-electron chi connectivity index (χ0n) is 8.09. The minimum absolute atomic E-state index is 0.277. The van der Waals surface area contributed by atoms with Gasteiger partial charge in [-0.3, -0.25) is 4.79 Å². The van der Waals surface area contributed by atoms with Crippen molar-refractivity contribution in [2.75, 3.05) is 5.32 Å². The minimum Gasteiger partial charge on any atom is -0.305 e. The Morgan fingerprint density at radius 2 is 2.06 bits per heavy atom. The number of nitrogens with zero attached hydrogens (tertiary/aromatic N) is 3. The number of carbonyl (C=O) groups excluding carboxylic acids is 1. The van der Waals surface area contributed by atoms with Crippen molar-refractivity contribution in [2.24, 2.45) is 0 Å². The van der Waals surface area contributed by atoms with Gasteiger partial charge in [-0.25, -0.2) is 4.98 Å². The van der Waals surface area contributed by atoms with Gasteiger partial charge in [0.05, 0.1) is 5.56 Å². The molecule has 1 amide bonds. The number of carbonyl (C=O) groups is 1. The lowest BCUT2D eigenvalue weighted by molar-refractivity contribution is 0.102. The molecule has 2 aromatic rings. The summed E-state index contributed by atoms with van der Waals surface area (Å²) < 4.78 is 0.497. The van der Waals surface area contributed by atoms with Crippen molar-refractivity contribution in [1.29, 1.82) is 0 Å². The molecule has 6 heteroatoms. The third-order valence-corrected chi connectivity index (χ3v) is 2.45. The Balaban J connectivity index is 2.19. The fourth-order valence-corrected chi connectivity index (χ4v) is 1.54. The first kappa shape index (κ1) is 10.7. The van der Waals surface area contributed by atoms with E-state index in [1.54, 1.807) is 30.5 Å². The molecule has 0 radical (unpaired) electrons. The predicted molar refractivity (Wildman–Crippen MR) is 61.9 cm³/mol. The molecule has 2 aromatic heterocycles. The molecule has 0 fully saturated rings. The van der Waals surface area contributed by atoms with Gasteiger partial charge in [-0.2, -0.15) is 5.10 Å². The molecular weight excluding hydrogens is 272 g/mol. The normalized spacial score (nSPS) is 9.81. The van der Waals surface area contributed by atoms with E-state index in [-0.39, 0.29) is 5.91 Å². The molecule has 0 bridgehead atoms. The minimum atomic E-state index is -0.277. The average molecular weight is 279 g/mol. The van der Waals surface area contributed by atoms with Gasteiger partial charge in [-0.15, -0.1) is 5.10 Å². The zero-order chi connectivity index (χ0) is 11.4. The van der Waals surface area contributed by atoms with Crippen LogP contribution in [0.15, 0.2) is 41.3 Å². The maximum absolute atomic E-state index is 11.8. The van der Waals surface area contributed by atoms with Crippen LogP contribution >= 0.6 is 15.9 Å². The van der Waals surface area contributed by atoms with E-state index in [1.807, 2.05) is 0 Å². The predicted octanol–water partition coefficient (Wildman–Crippen LogP) is 1.89. The third kappa shape index (κ3) is 2.40. The number of hydrogen-bond donors (Lipinski definition) is 1. The molecule has 5 nitrogen and oxygen atoms in total. The summed E-state index contributed by atoms with van der Waals surface area (Å²) in [6.45, 7) is 0. The van der Waals surface area contributed by atoms with E-state index in [0.717, 1.165) is 0 Å². The molecule has 0 saturated carbocycles. The summed E-state index contributed by atoms with van der Waals surface area (Å²) in [4.78, 5) is 15.7. The Kier molecular flexibility index (Phi) is 3.21. The molecule has 0 aliphatic heterocycles. The van der Waals surface area contributed by atoms with Crippen molar-refractivity contribution in [3.8, 4) is 0 Å². The van der Waals surface area contributed by atoms with Crippen LogP contribution in [0, 0.1) is 0 Å². The monoisotopic (exact) mass is 278 g/mol. The maximum Gasteiger partial charge on any atom is 0.259 e. The van der Waals surface area contributed by atoms with Crippen LogP contribution in [-0.4, -0.2) is 21.1 Å². The topological polar surface area (TPSA) is 67.8 Å². The highest BCUT2D eigenvalue weighted by Crippen LogP contribution is 2.13. The molecule has 0 saturated heterocycles. The van der Waals surface area contributed by atoms with Gasteiger partial charge in [-0.1, -0.05) is 0 Å². The molecule has 1 N–H and O–H groups in total. The van der Waals surface area contributed by atoms with E-state index in [2.05, 4.69) is 36.4 Å². The Morgan fingerprint density at radius 1 is 1.25 bits per heavy atom. The fraction of sp³-hybridized carbons (Fsp3) is 0. The van der Waals surface area contributed by atoms with Crippen molar-refractivity contribution in [3.63, 3.8) is 0 Å². The zero-order valence-corrected chi connectivity index (χ0v) is 9.68. The number of pyridine rings is 1. The molecule has 0 aromatic carbocycles. The molecule has 0 unspecified atom stereocenters. The first-order valence-electron chi connectivity index (χ1n) is 4.47. The summed E-state index contributed by atoms with van der Waals surface area (Å²) in [6, 6.07) is 6.72. The standard InChI is InChI=1S/C10H7BrN4O/c11-9-7(3-1-5-12-9)10(16)14-8-4-2-6-13-15-8/h1-6H,(H,14,15,16). The first-order chi connectivity index (χ1) is 7.77. The van der Waals surface area contributed by atoms with Gasteiger partial charge in [0.15, 0.2) is 5.82 Å². The van der Waals surface area contributed by atoms with Crippen molar-refractivity contribution >= 4 is 27.7 Å². The van der Waals surface area contributed by atoms with Crippen LogP contribution in [0.1, 0.15) is 10.4 Å². The summed E-state index contributed by atoms with van der Waals surface area (Å²) in [5.74, 6) is 0.128. The van der Waals surface area contributed by atoms with Crippen molar-refractivity contribution < 1.29 is 4.79 Å². The van der Waals surface area contributed by atoms with E-state index in [9.17, 15) is 4.79 Å². The van der Waals surface area contributed by atoms with Crippen LogP contribution < -0.4 is 5.32 Å². The number of amides is 1. The van der Waals surface area contributed by atoms with Gasteiger partial charge in [0.1, 0.15) is 4.60 Å². The number of anilines is 1. The Bertz CT molecular complexity index is 503. The number of rotatable bonds is 2. The van der Waals surface area contributed by atoms with Gasteiger partial charge in [0.2, 0.25) is 0 Å². The molecule has 16 heavy (non-hydrogen) atoms. The number of nitrogens with one attached hydrogen (secondary N) is 1. The lowest BCUT2D eigenvalue weighted by atomic mass is 10.3. The van der Waals surface area contributed by atoms with Crippen LogP contribution in [0.2, 0.25) is 0 Å². The van der Waals surface area contributed by atoms with Gasteiger partial charge in [-0.05, 0) is 40.2 Å². The summed E-state index contributed by atoms with van der Waals surface area (Å²) in [6.07, 6.45) is 3.14. The molecule has 0 atom stereocenters. The van der Waals surface area contributed by atoms with Crippen LogP contribution in [0.5, 0.6) is 0 Å². The van der Waals surface area contributed by atoms with Crippen LogP contribution in [0.3, 0.4) is 0 Å². The van der Waals surface area contributed by atoms with Crippen molar-refractivity contribution in [2.45, 2.75) is 0 Å². The van der Waals surface area contributed by atoms with Crippen molar-refractivity contribution in [1.82, 2.24) is 15.2 Å². The second kappa shape index (κ2) is 4.80. The molecule has 0 aliphatic carbocycles. The second-order valence-corrected chi connectivity index (χ2v) is 3.66. The summed E-state index contributed by atoms with van der Waals surface area (Å²) in [7, 11) is 0. The Labute approximate surface area is 100 Å². The van der Waals surface area contributed by atoms with Gasteiger partial charge < -0.3 is 5.32 Å². The average Bonchev–Trinajstić information content (AvgIpc) is 2.31. The van der Waals surface area contributed by atoms with E-state index in [4.69, 9.17) is 0 Å². The molecule has 0 aliphatic rings. The smallest absolute Gasteiger partial charge is 0.259 e.